The molecule has 27 heavy (non-hydrogen) atoms. The second kappa shape index (κ2) is 9.41. The van der Waals surface area contributed by atoms with Crippen LogP contribution in [0.25, 0.3) is 0 Å². The van der Waals surface area contributed by atoms with Crippen LogP contribution in [0.1, 0.15) is 23.2 Å². The summed E-state index contributed by atoms with van der Waals surface area (Å²) in [4.78, 5) is 12.3. The lowest BCUT2D eigenvalue weighted by atomic mass is 10.2. The Morgan fingerprint density at radius 2 is 1.78 bits per heavy atom. The Balaban J connectivity index is 0.00000261. The molecule has 146 valence electrons. The Kier molecular flexibility index (Phi) is 7.49. The standard InChI is InChI=1S/C18H20ClN3O3S.ClH/c19-14-5-7-15(8-6-14)22-26(24,25)17-9-3-13(4-10-17)18(23)21-12-16-2-1-11-20-16;/h3-10,16,20,22H,1-2,11-12H2,(H,21,23);1H. The van der Waals surface area contributed by atoms with E-state index in [2.05, 4.69) is 15.4 Å². The van der Waals surface area contributed by atoms with E-state index in [-0.39, 0.29) is 23.2 Å². The summed E-state index contributed by atoms with van der Waals surface area (Å²) in [5.41, 5.74) is 0.841. The van der Waals surface area contributed by atoms with E-state index in [1.165, 1.54) is 24.3 Å². The highest BCUT2D eigenvalue weighted by Crippen LogP contribution is 2.19. The average Bonchev–Trinajstić information content (AvgIpc) is 3.15. The van der Waals surface area contributed by atoms with Crippen molar-refractivity contribution in [2.75, 3.05) is 17.8 Å². The van der Waals surface area contributed by atoms with Crippen LogP contribution >= 0.6 is 24.0 Å². The first kappa shape index (κ1) is 21.5. The number of benzene rings is 2. The number of carbonyl (C=O) groups excluding carboxylic acids is 1. The third-order valence-corrected chi connectivity index (χ3v) is 5.84. The SMILES string of the molecule is Cl.O=C(NCC1CCCN1)c1ccc(S(=O)(=O)Nc2ccc(Cl)cc2)cc1. The Morgan fingerprint density at radius 3 is 2.37 bits per heavy atom. The molecule has 1 atom stereocenters. The van der Waals surface area contributed by atoms with Crippen LogP contribution in [0.4, 0.5) is 5.69 Å². The normalized spacial score (nSPS) is 16.4. The van der Waals surface area contributed by atoms with Gasteiger partial charge in [0.1, 0.15) is 0 Å². The Bertz CT molecular complexity index is 866. The largest absolute Gasteiger partial charge is 0.350 e. The van der Waals surface area contributed by atoms with E-state index in [0.29, 0.717) is 28.9 Å². The summed E-state index contributed by atoms with van der Waals surface area (Å²) >= 11 is 5.80. The topological polar surface area (TPSA) is 87.3 Å². The molecule has 0 bridgehead atoms. The van der Waals surface area contributed by atoms with Gasteiger partial charge in [-0.2, -0.15) is 0 Å². The number of sulfonamides is 1. The van der Waals surface area contributed by atoms with Crippen molar-refractivity contribution in [3.63, 3.8) is 0 Å². The van der Waals surface area contributed by atoms with Gasteiger partial charge in [0.25, 0.3) is 15.9 Å². The molecule has 3 rings (SSSR count). The molecule has 0 spiro atoms. The maximum absolute atomic E-state index is 12.4. The minimum absolute atomic E-state index is 0. The summed E-state index contributed by atoms with van der Waals surface area (Å²) in [6, 6.07) is 12.5. The molecule has 1 saturated heterocycles. The lowest BCUT2D eigenvalue weighted by Gasteiger charge is -2.12. The predicted molar refractivity (Wildman–Crippen MR) is 109 cm³/mol. The second-order valence-corrected chi connectivity index (χ2v) is 8.26. The first-order valence-electron chi connectivity index (χ1n) is 8.34. The summed E-state index contributed by atoms with van der Waals surface area (Å²) < 4.78 is 27.3. The molecule has 1 aliphatic rings. The number of hydrogen-bond acceptors (Lipinski definition) is 4. The van der Waals surface area contributed by atoms with Gasteiger partial charge in [-0.15, -0.1) is 12.4 Å². The van der Waals surface area contributed by atoms with Crippen LogP contribution in [-0.4, -0.2) is 33.5 Å². The van der Waals surface area contributed by atoms with Crippen molar-refractivity contribution in [3.8, 4) is 0 Å². The van der Waals surface area contributed by atoms with E-state index in [9.17, 15) is 13.2 Å². The van der Waals surface area contributed by atoms with Crippen LogP contribution in [0.2, 0.25) is 5.02 Å². The van der Waals surface area contributed by atoms with E-state index in [0.717, 1.165) is 19.4 Å². The van der Waals surface area contributed by atoms with Crippen molar-refractivity contribution in [1.29, 1.82) is 0 Å². The molecule has 0 saturated carbocycles. The summed E-state index contributed by atoms with van der Waals surface area (Å²) in [7, 11) is -3.73. The molecule has 0 aromatic heterocycles. The summed E-state index contributed by atoms with van der Waals surface area (Å²) in [5, 5.41) is 6.70. The number of hydrogen-bond donors (Lipinski definition) is 3. The van der Waals surface area contributed by atoms with E-state index in [4.69, 9.17) is 11.6 Å². The van der Waals surface area contributed by atoms with Crippen molar-refractivity contribution in [2.24, 2.45) is 0 Å². The van der Waals surface area contributed by atoms with E-state index in [1.54, 1.807) is 24.3 Å². The quantitative estimate of drug-likeness (QED) is 0.658. The van der Waals surface area contributed by atoms with Crippen molar-refractivity contribution in [3.05, 3.63) is 59.1 Å². The van der Waals surface area contributed by atoms with Crippen LogP contribution < -0.4 is 15.4 Å². The first-order chi connectivity index (χ1) is 12.4. The Hall–Kier alpha value is -1.80. The van der Waals surface area contributed by atoms with Gasteiger partial charge in [0, 0.05) is 28.9 Å². The van der Waals surface area contributed by atoms with Gasteiger partial charge in [-0.05, 0) is 67.9 Å². The number of halogens is 2. The fourth-order valence-corrected chi connectivity index (χ4v) is 3.95. The highest BCUT2D eigenvalue weighted by molar-refractivity contribution is 7.92. The Morgan fingerprint density at radius 1 is 1.11 bits per heavy atom. The van der Waals surface area contributed by atoms with E-state index >= 15 is 0 Å². The monoisotopic (exact) mass is 429 g/mol. The molecule has 2 aromatic carbocycles. The number of anilines is 1. The summed E-state index contributed by atoms with van der Waals surface area (Å²) in [6.45, 7) is 1.55. The number of carbonyl (C=O) groups is 1. The third kappa shape index (κ3) is 5.84. The molecule has 9 heteroatoms. The van der Waals surface area contributed by atoms with Gasteiger partial charge in [-0.25, -0.2) is 8.42 Å². The third-order valence-electron chi connectivity index (χ3n) is 4.19. The number of nitrogens with one attached hydrogen (secondary N) is 3. The zero-order chi connectivity index (χ0) is 18.6. The smallest absolute Gasteiger partial charge is 0.261 e. The molecular formula is C18H21Cl2N3O3S. The van der Waals surface area contributed by atoms with Gasteiger partial charge >= 0.3 is 0 Å². The van der Waals surface area contributed by atoms with Gasteiger partial charge in [-0.3, -0.25) is 9.52 Å². The molecule has 0 radical (unpaired) electrons. The van der Waals surface area contributed by atoms with Crippen molar-refractivity contribution >= 4 is 45.6 Å². The number of rotatable bonds is 6. The molecule has 3 N–H and O–H groups in total. The number of amides is 1. The highest BCUT2D eigenvalue weighted by atomic mass is 35.5. The molecule has 6 nitrogen and oxygen atoms in total. The molecule has 0 aliphatic carbocycles. The zero-order valence-electron chi connectivity index (χ0n) is 14.4. The van der Waals surface area contributed by atoms with Crippen LogP contribution in [0.5, 0.6) is 0 Å². The van der Waals surface area contributed by atoms with Crippen molar-refractivity contribution in [2.45, 2.75) is 23.8 Å². The lowest BCUT2D eigenvalue weighted by molar-refractivity contribution is 0.0950. The van der Waals surface area contributed by atoms with Crippen LogP contribution in [0.15, 0.2) is 53.4 Å². The van der Waals surface area contributed by atoms with Gasteiger partial charge in [0.15, 0.2) is 0 Å². The Labute approximate surface area is 170 Å². The van der Waals surface area contributed by atoms with Gasteiger partial charge in [0.05, 0.1) is 4.90 Å². The zero-order valence-corrected chi connectivity index (χ0v) is 16.8. The van der Waals surface area contributed by atoms with Crippen LogP contribution in [0, 0.1) is 0 Å². The summed E-state index contributed by atoms with van der Waals surface area (Å²) in [6.07, 6.45) is 2.17. The van der Waals surface area contributed by atoms with Crippen molar-refractivity contribution < 1.29 is 13.2 Å². The lowest BCUT2D eigenvalue weighted by Crippen LogP contribution is -2.37. The van der Waals surface area contributed by atoms with Gasteiger partial charge in [-0.1, -0.05) is 11.6 Å². The van der Waals surface area contributed by atoms with E-state index < -0.39 is 10.0 Å². The summed E-state index contributed by atoms with van der Waals surface area (Å²) in [5.74, 6) is -0.215. The fourth-order valence-electron chi connectivity index (χ4n) is 2.77. The maximum atomic E-state index is 12.4. The van der Waals surface area contributed by atoms with Gasteiger partial charge < -0.3 is 10.6 Å². The minimum Gasteiger partial charge on any atom is -0.350 e. The molecule has 1 unspecified atom stereocenters. The molecular weight excluding hydrogens is 409 g/mol. The molecule has 1 aliphatic heterocycles. The average molecular weight is 430 g/mol. The molecule has 1 amide bonds. The van der Waals surface area contributed by atoms with E-state index in [1.807, 2.05) is 0 Å². The molecule has 1 heterocycles. The highest BCUT2D eigenvalue weighted by Gasteiger charge is 2.17. The predicted octanol–water partition coefficient (Wildman–Crippen LogP) is 3.04. The molecule has 1 fully saturated rings. The first-order valence-corrected chi connectivity index (χ1v) is 10.2. The van der Waals surface area contributed by atoms with Crippen LogP contribution in [-0.2, 0) is 10.0 Å². The molecule has 2 aromatic rings. The second-order valence-electron chi connectivity index (χ2n) is 6.14. The van der Waals surface area contributed by atoms with Crippen LogP contribution in [0.3, 0.4) is 0 Å². The maximum Gasteiger partial charge on any atom is 0.261 e. The minimum atomic E-state index is -3.73. The van der Waals surface area contributed by atoms with Crippen molar-refractivity contribution in [1.82, 2.24) is 10.6 Å². The van der Waals surface area contributed by atoms with Gasteiger partial charge in [0.2, 0.25) is 0 Å². The fraction of sp³-hybridized carbons (Fsp3) is 0.278.